The lowest BCUT2D eigenvalue weighted by molar-refractivity contribution is -0.173. The zero-order valence-electron chi connectivity index (χ0n) is 12.4. The minimum Gasteiger partial charge on any atom is -0.492 e. The van der Waals surface area contributed by atoms with E-state index in [1.807, 2.05) is 6.07 Å². The Morgan fingerprint density at radius 1 is 1.30 bits per heavy atom. The zero-order chi connectivity index (χ0) is 17.1. The first-order valence-corrected chi connectivity index (χ1v) is 6.65. The maximum Gasteiger partial charge on any atom is 0.471 e. The number of ether oxygens (including phenoxy) is 1. The minimum absolute atomic E-state index is 0.0649. The van der Waals surface area contributed by atoms with Gasteiger partial charge in [0.1, 0.15) is 12.4 Å². The number of rotatable bonds is 5. The molecule has 4 nitrogen and oxygen atoms in total. The molecule has 0 atom stereocenters. The van der Waals surface area contributed by atoms with Crippen molar-refractivity contribution in [3.05, 3.63) is 29.8 Å². The van der Waals surface area contributed by atoms with E-state index in [1.54, 1.807) is 30.6 Å². The van der Waals surface area contributed by atoms with E-state index >= 15 is 0 Å². The standard InChI is InChI=1S/C16H15F3N2O2/c1-20-9-4-2-3-6-13-7-5-8-14(12-13)23-11-10-21-15(22)16(17,18)19/h5,7-8,12,20H,6,10-11H2,1H3,(H,21,22). The predicted octanol–water partition coefficient (Wildman–Crippen LogP) is 1.47. The molecule has 7 heteroatoms. The van der Waals surface area contributed by atoms with Crippen molar-refractivity contribution in [1.82, 2.24) is 10.6 Å². The molecule has 1 aromatic rings. The van der Waals surface area contributed by atoms with E-state index < -0.39 is 12.1 Å². The second-order valence-electron chi connectivity index (χ2n) is 4.23. The van der Waals surface area contributed by atoms with Crippen molar-refractivity contribution >= 4 is 5.91 Å². The van der Waals surface area contributed by atoms with E-state index in [9.17, 15) is 18.0 Å². The Balaban J connectivity index is 2.42. The molecule has 0 fully saturated rings. The Hall–Kier alpha value is -2.80. The van der Waals surface area contributed by atoms with E-state index in [0.717, 1.165) is 5.56 Å². The Labute approximate surface area is 132 Å². The molecule has 0 unspecified atom stereocenters. The lowest BCUT2D eigenvalue weighted by Gasteiger charge is -2.09. The smallest absolute Gasteiger partial charge is 0.471 e. The molecule has 0 spiro atoms. The van der Waals surface area contributed by atoms with Gasteiger partial charge in [-0.2, -0.15) is 13.2 Å². The van der Waals surface area contributed by atoms with Crippen LogP contribution in [0.2, 0.25) is 0 Å². The SMILES string of the molecule is CNC#CC#CCc1cccc(OCCNC(=O)C(F)(F)F)c1. The third kappa shape index (κ3) is 7.68. The molecule has 0 saturated heterocycles. The summed E-state index contributed by atoms with van der Waals surface area (Å²) < 4.78 is 41.2. The number of nitrogens with one attached hydrogen (secondary N) is 2. The van der Waals surface area contributed by atoms with Crippen LogP contribution in [-0.2, 0) is 11.2 Å². The molecule has 0 aromatic heterocycles. The average Bonchev–Trinajstić information content (AvgIpc) is 2.50. The average molecular weight is 324 g/mol. The zero-order valence-corrected chi connectivity index (χ0v) is 12.4. The summed E-state index contributed by atoms with van der Waals surface area (Å²) in [4.78, 5) is 10.6. The summed E-state index contributed by atoms with van der Waals surface area (Å²) in [5, 5.41) is 4.37. The first kappa shape index (κ1) is 18.2. The fourth-order valence-electron chi connectivity index (χ4n) is 1.46. The van der Waals surface area contributed by atoms with Crippen LogP contribution in [0, 0.1) is 23.8 Å². The van der Waals surface area contributed by atoms with Crippen molar-refractivity contribution < 1.29 is 22.7 Å². The third-order valence-corrected chi connectivity index (χ3v) is 2.44. The number of hydrogen-bond acceptors (Lipinski definition) is 3. The van der Waals surface area contributed by atoms with Crippen molar-refractivity contribution in [1.29, 1.82) is 0 Å². The minimum atomic E-state index is -4.88. The van der Waals surface area contributed by atoms with Crippen LogP contribution in [-0.4, -0.2) is 32.3 Å². The van der Waals surface area contributed by atoms with Crippen LogP contribution in [0.25, 0.3) is 0 Å². The third-order valence-electron chi connectivity index (χ3n) is 2.44. The first-order valence-electron chi connectivity index (χ1n) is 6.65. The summed E-state index contributed by atoms with van der Waals surface area (Å²) in [5.74, 6) is 6.64. The molecule has 0 aliphatic heterocycles. The van der Waals surface area contributed by atoms with E-state index in [0.29, 0.717) is 12.2 Å². The maximum absolute atomic E-state index is 12.0. The van der Waals surface area contributed by atoms with Gasteiger partial charge in [0.25, 0.3) is 0 Å². The van der Waals surface area contributed by atoms with Crippen LogP contribution >= 0.6 is 0 Å². The second kappa shape index (κ2) is 9.26. The van der Waals surface area contributed by atoms with Crippen LogP contribution < -0.4 is 15.4 Å². The number of halogens is 3. The van der Waals surface area contributed by atoms with E-state index in [-0.39, 0.29) is 13.2 Å². The number of carbonyl (C=O) groups is 1. The molecular formula is C16H15F3N2O2. The Kier molecular flexibility index (Phi) is 7.35. The molecule has 0 heterocycles. The fourth-order valence-corrected chi connectivity index (χ4v) is 1.46. The van der Waals surface area contributed by atoms with Crippen molar-refractivity contribution in [2.24, 2.45) is 0 Å². The van der Waals surface area contributed by atoms with Gasteiger partial charge in [-0.25, -0.2) is 0 Å². The maximum atomic E-state index is 12.0. The molecular weight excluding hydrogens is 309 g/mol. The van der Waals surface area contributed by atoms with Gasteiger partial charge in [0.2, 0.25) is 0 Å². The van der Waals surface area contributed by atoms with Crippen molar-refractivity contribution in [2.45, 2.75) is 12.6 Å². The van der Waals surface area contributed by atoms with Gasteiger partial charge in [-0.15, -0.1) is 0 Å². The van der Waals surface area contributed by atoms with E-state index in [1.165, 1.54) is 0 Å². The lowest BCUT2D eigenvalue weighted by Crippen LogP contribution is -2.38. The summed E-state index contributed by atoms with van der Waals surface area (Å²) in [7, 11) is 1.69. The lowest BCUT2D eigenvalue weighted by atomic mass is 10.1. The molecule has 2 N–H and O–H groups in total. The fraction of sp³-hybridized carbons (Fsp3) is 0.312. The van der Waals surface area contributed by atoms with Gasteiger partial charge in [-0.3, -0.25) is 4.79 Å². The van der Waals surface area contributed by atoms with E-state index in [2.05, 4.69) is 29.1 Å². The summed E-state index contributed by atoms with van der Waals surface area (Å²) in [6.45, 7) is -0.299. The summed E-state index contributed by atoms with van der Waals surface area (Å²) in [6, 6.07) is 9.58. The molecule has 23 heavy (non-hydrogen) atoms. The molecule has 0 aliphatic rings. The summed E-state index contributed by atoms with van der Waals surface area (Å²) in [5.41, 5.74) is 0.889. The second-order valence-corrected chi connectivity index (χ2v) is 4.23. The van der Waals surface area contributed by atoms with Crippen LogP contribution in [0.3, 0.4) is 0 Å². The van der Waals surface area contributed by atoms with Crippen molar-refractivity contribution in [3.8, 4) is 29.6 Å². The number of carbonyl (C=O) groups excluding carboxylic acids is 1. The van der Waals surface area contributed by atoms with Crippen LogP contribution in [0.4, 0.5) is 13.2 Å². The molecule has 1 amide bonds. The molecule has 1 aromatic carbocycles. The number of alkyl halides is 3. The van der Waals surface area contributed by atoms with E-state index in [4.69, 9.17) is 4.74 Å². The van der Waals surface area contributed by atoms with Gasteiger partial charge >= 0.3 is 12.1 Å². The van der Waals surface area contributed by atoms with Gasteiger partial charge in [0, 0.05) is 25.4 Å². The normalized spacial score (nSPS) is 9.74. The highest BCUT2D eigenvalue weighted by atomic mass is 19.4. The van der Waals surface area contributed by atoms with Crippen LogP contribution in [0.1, 0.15) is 5.56 Å². The molecule has 0 bridgehead atoms. The Bertz CT molecular complexity index is 649. The Morgan fingerprint density at radius 3 is 2.78 bits per heavy atom. The highest BCUT2D eigenvalue weighted by molar-refractivity contribution is 5.81. The van der Waals surface area contributed by atoms with Crippen molar-refractivity contribution in [2.75, 3.05) is 20.2 Å². The predicted molar refractivity (Wildman–Crippen MR) is 79.3 cm³/mol. The summed E-state index contributed by atoms with van der Waals surface area (Å²) >= 11 is 0. The quantitative estimate of drug-likeness (QED) is 0.490. The largest absolute Gasteiger partial charge is 0.492 e. The monoisotopic (exact) mass is 324 g/mol. The van der Waals surface area contributed by atoms with Crippen molar-refractivity contribution in [3.63, 3.8) is 0 Å². The first-order chi connectivity index (χ1) is 10.9. The highest BCUT2D eigenvalue weighted by Gasteiger charge is 2.38. The number of amides is 1. The number of hydrogen-bond donors (Lipinski definition) is 2. The van der Waals surface area contributed by atoms with Gasteiger partial charge in [0.05, 0.1) is 6.54 Å². The molecule has 0 radical (unpaired) electrons. The van der Waals surface area contributed by atoms with Gasteiger partial charge in [-0.05, 0) is 23.6 Å². The number of benzene rings is 1. The molecule has 0 aliphatic carbocycles. The molecule has 122 valence electrons. The van der Waals surface area contributed by atoms with Gasteiger partial charge in [-0.1, -0.05) is 18.1 Å². The summed E-state index contributed by atoms with van der Waals surface area (Å²) in [6.07, 6.45) is -4.41. The molecule has 1 rings (SSSR count). The topological polar surface area (TPSA) is 50.4 Å². The van der Waals surface area contributed by atoms with Gasteiger partial charge < -0.3 is 15.4 Å². The van der Waals surface area contributed by atoms with Gasteiger partial charge in [0.15, 0.2) is 0 Å². The highest BCUT2D eigenvalue weighted by Crippen LogP contribution is 2.15. The Morgan fingerprint density at radius 2 is 2.09 bits per heavy atom. The molecule has 0 saturated carbocycles. The van der Waals surface area contributed by atoms with Crippen LogP contribution in [0.15, 0.2) is 24.3 Å². The van der Waals surface area contributed by atoms with Crippen LogP contribution in [0.5, 0.6) is 5.75 Å².